The van der Waals surface area contributed by atoms with Crippen LogP contribution in [0.4, 0.5) is 0 Å². The number of ether oxygens (including phenoxy) is 2. The summed E-state index contributed by atoms with van der Waals surface area (Å²) in [5.74, 6) is -0.456. The number of nitrogens with one attached hydrogen (secondary N) is 2. The molecule has 0 heterocycles. The van der Waals surface area contributed by atoms with Gasteiger partial charge in [-0.3, -0.25) is 4.79 Å². The molecule has 0 saturated heterocycles. The molecule has 0 unspecified atom stereocenters. The molecule has 0 saturated carbocycles. The van der Waals surface area contributed by atoms with Crippen LogP contribution in [0, 0.1) is 11.3 Å². The first kappa shape index (κ1) is 22.2. The van der Waals surface area contributed by atoms with Crippen LogP contribution in [0.25, 0.3) is 0 Å². The van der Waals surface area contributed by atoms with Gasteiger partial charge < -0.3 is 20.1 Å². The largest absolute Gasteiger partial charge is 0.385 e. The first-order valence-corrected chi connectivity index (χ1v) is 9.67. The Morgan fingerprint density at radius 3 is 1.97 bits per heavy atom. The van der Waals surface area contributed by atoms with E-state index in [0.717, 1.165) is 11.1 Å². The number of hydrogen-bond acceptors (Lipinski definition) is 5. The molecular formula is C23H27N3O3. The third-order valence-corrected chi connectivity index (χ3v) is 4.14. The maximum absolute atomic E-state index is 12.8. The van der Waals surface area contributed by atoms with Gasteiger partial charge in [-0.2, -0.15) is 5.26 Å². The number of benzene rings is 2. The molecule has 29 heavy (non-hydrogen) atoms. The van der Waals surface area contributed by atoms with Crippen molar-refractivity contribution in [1.29, 1.82) is 5.26 Å². The lowest BCUT2D eigenvalue weighted by atomic mass is 9.98. The number of carbonyl (C=O) groups is 1. The van der Waals surface area contributed by atoms with Crippen molar-refractivity contribution in [3.8, 4) is 6.07 Å². The highest BCUT2D eigenvalue weighted by Crippen LogP contribution is 2.22. The first-order valence-electron chi connectivity index (χ1n) is 9.67. The summed E-state index contributed by atoms with van der Waals surface area (Å²) >= 11 is 0. The molecular weight excluding hydrogens is 366 g/mol. The Morgan fingerprint density at radius 1 is 1.00 bits per heavy atom. The Bertz CT molecular complexity index is 771. The van der Waals surface area contributed by atoms with Crippen LogP contribution in [0.2, 0.25) is 0 Å². The van der Waals surface area contributed by atoms with Crippen LogP contribution in [-0.4, -0.2) is 32.0 Å². The van der Waals surface area contributed by atoms with E-state index in [0.29, 0.717) is 19.8 Å². The van der Waals surface area contributed by atoms with Crippen LogP contribution in [0.5, 0.6) is 0 Å². The second kappa shape index (κ2) is 12.3. The van der Waals surface area contributed by atoms with Crippen molar-refractivity contribution in [2.24, 2.45) is 0 Å². The lowest BCUT2D eigenvalue weighted by Gasteiger charge is -2.20. The van der Waals surface area contributed by atoms with Gasteiger partial charge in [0.15, 0.2) is 6.29 Å². The maximum Gasteiger partial charge on any atom is 0.264 e. The van der Waals surface area contributed by atoms with Crippen LogP contribution in [0.15, 0.2) is 72.4 Å². The zero-order valence-electron chi connectivity index (χ0n) is 16.8. The monoisotopic (exact) mass is 393 g/mol. The molecule has 0 aliphatic heterocycles. The van der Waals surface area contributed by atoms with Gasteiger partial charge in [0.2, 0.25) is 0 Å². The molecule has 0 radical (unpaired) electrons. The predicted molar refractivity (Wildman–Crippen MR) is 112 cm³/mol. The lowest BCUT2D eigenvalue weighted by Crippen LogP contribution is -2.32. The molecule has 2 N–H and O–H groups in total. The Labute approximate surface area is 172 Å². The molecule has 0 bridgehead atoms. The molecule has 2 aromatic rings. The SMILES string of the molecule is CCOC(CN/C=C(/C#N)C(=O)NC(c1ccccc1)c1ccccc1)OCC. The van der Waals surface area contributed by atoms with Crippen molar-refractivity contribution in [3.63, 3.8) is 0 Å². The van der Waals surface area contributed by atoms with Crippen molar-refractivity contribution in [2.45, 2.75) is 26.2 Å². The standard InChI is InChI=1S/C23H27N3O3/c1-3-28-21(29-4-2)17-25-16-20(15-24)23(27)26-22(18-11-7-5-8-12-18)19-13-9-6-10-14-19/h5-14,16,21-22,25H,3-4,17H2,1-2H3,(H,26,27)/b20-16-. The van der Waals surface area contributed by atoms with Crippen LogP contribution in [-0.2, 0) is 14.3 Å². The second-order valence-corrected chi connectivity index (χ2v) is 6.15. The second-order valence-electron chi connectivity index (χ2n) is 6.15. The summed E-state index contributed by atoms with van der Waals surface area (Å²) in [6, 6.07) is 20.9. The first-order chi connectivity index (χ1) is 14.2. The Kier molecular flexibility index (Phi) is 9.43. The summed E-state index contributed by atoms with van der Waals surface area (Å²) in [7, 11) is 0. The lowest BCUT2D eigenvalue weighted by molar-refractivity contribution is -0.131. The molecule has 0 aromatic heterocycles. The molecule has 0 aliphatic carbocycles. The summed E-state index contributed by atoms with van der Waals surface area (Å²) in [5, 5.41) is 15.3. The molecule has 152 valence electrons. The number of nitriles is 1. The molecule has 0 atom stereocenters. The van der Waals surface area contributed by atoms with Crippen molar-refractivity contribution < 1.29 is 14.3 Å². The Hall–Kier alpha value is -3.14. The van der Waals surface area contributed by atoms with E-state index in [1.165, 1.54) is 6.20 Å². The van der Waals surface area contributed by atoms with E-state index in [1.807, 2.05) is 80.6 Å². The number of hydrogen-bond donors (Lipinski definition) is 2. The molecule has 6 nitrogen and oxygen atoms in total. The number of carbonyl (C=O) groups excluding carboxylic acids is 1. The summed E-state index contributed by atoms with van der Waals surface area (Å²) in [6.45, 7) is 5.11. The van der Waals surface area contributed by atoms with E-state index in [1.54, 1.807) is 0 Å². The average Bonchev–Trinajstić information content (AvgIpc) is 2.76. The zero-order valence-corrected chi connectivity index (χ0v) is 16.8. The fourth-order valence-electron chi connectivity index (χ4n) is 2.80. The Morgan fingerprint density at radius 2 is 1.52 bits per heavy atom. The highest BCUT2D eigenvalue weighted by atomic mass is 16.7. The minimum absolute atomic E-state index is 0.0198. The van der Waals surface area contributed by atoms with E-state index >= 15 is 0 Å². The third kappa shape index (κ3) is 7.07. The predicted octanol–water partition coefficient (Wildman–Crippen LogP) is 3.29. The number of nitrogens with zero attached hydrogens (tertiary/aromatic N) is 1. The van der Waals surface area contributed by atoms with Gasteiger partial charge in [-0.05, 0) is 25.0 Å². The van der Waals surface area contributed by atoms with Gasteiger partial charge in [0.05, 0.1) is 12.6 Å². The van der Waals surface area contributed by atoms with Crippen LogP contribution in [0.1, 0.15) is 31.0 Å². The van der Waals surface area contributed by atoms with Crippen molar-refractivity contribution in [2.75, 3.05) is 19.8 Å². The van der Waals surface area contributed by atoms with E-state index in [4.69, 9.17) is 9.47 Å². The van der Waals surface area contributed by atoms with Crippen molar-refractivity contribution in [1.82, 2.24) is 10.6 Å². The van der Waals surface area contributed by atoms with Crippen molar-refractivity contribution >= 4 is 5.91 Å². The highest BCUT2D eigenvalue weighted by Gasteiger charge is 2.19. The maximum atomic E-state index is 12.8. The summed E-state index contributed by atoms with van der Waals surface area (Å²) < 4.78 is 10.9. The van der Waals surface area contributed by atoms with Crippen LogP contribution >= 0.6 is 0 Å². The minimum Gasteiger partial charge on any atom is -0.385 e. The van der Waals surface area contributed by atoms with E-state index in [2.05, 4.69) is 10.6 Å². The summed E-state index contributed by atoms with van der Waals surface area (Å²) in [4.78, 5) is 12.8. The Balaban J connectivity index is 2.11. The molecule has 1 amide bonds. The number of amides is 1. The van der Waals surface area contributed by atoms with Gasteiger partial charge in [0.25, 0.3) is 5.91 Å². The fourth-order valence-corrected chi connectivity index (χ4v) is 2.80. The molecule has 2 rings (SSSR count). The minimum atomic E-state index is -0.456. The van der Waals surface area contributed by atoms with E-state index < -0.39 is 12.2 Å². The summed E-state index contributed by atoms with van der Waals surface area (Å²) in [5.41, 5.74) is 1.85. The van der Waals surface area contributed by atoms with Crippen molar-refractivity contribution in [3.05, 3.63) is 83.6 Å². The third-order valence-electron chi connectivity index (χ3n) is 4.14. The smallest absolute Gasteiger partial charge is 0.264 e. The van der Waals surface area contributed by atoms with E-state index in [-0.39, 0.29) is 11.6 Å². The molecule has 0 aliphatic rings. The summed E-state index contributed by atoms with van der Waals surface area (Å²) in [6.07, 6.45) is 0.957. The fraction of sp³-hybridized carbons (Fsp3) is 0.304. The quantitative estimate of drug-likeness (QED) is 0.348. The molecule has 6 heteroatoms. The average molecular weight is 393 g/mol. The van der Waals surface area contributed by atoms with Gasteiger partial charge in [0.1, 0.15) is 11.6 Å². The van der Waals surface area contributed by atoms with Gasteiger partial charge in [-0.1, -0.05) is 60.7 Å². The highest BCUT2D eigenvalue weighted by molar-refractivity contribution is 5.97. The molecule has 0 fully saturated rings. The van der Waals surface area contributed by atoms with Gasteiger partial charge >= 0.3 is 0 Å². The van der Waals surface area contributed by atoms with Gasteiger partial charge in [-0.25, -0.2) is 0 Å². The molecule has 0 spiro atoms. The van der Waals surface area contributed by atoms with Crippen LogP contribution in [0.3, 0.4) is 0 Å². The zero-order chi connectivity index (χ0) is 20.9. The van der Waals surface area contributed by atoms with Gasteiger partial charge in [-0.15, -0.1) is 0 Å². The van der Waals surface area contributed by atoms with E-state index in [9.17, 15) is 10.1 Å². The number of rotatable bonds is 11. The molecule has 2 aromatic carbocycles. The van der Waals surface area contributed by atoms with Gasteiger partial charge in [0, 0.05) is 19.4 Å². The normalized spacial score (nSPS) is 11.3. The van der Waals surface area contributed by atoms with Crippen LogP contribution < -0.4 is 10.6 Å². The topological polar surface area (TPSA) is 83.4 Å².